The fourth-order valence-corrected chi connectivity index (χ4v) is 3.03. The van der Waals surface area contributed by atoms with Gasteiger partial charge in [-0.15, -0.1) is 0 Å². The van der Waals surface area contributed by atoms with Crippen molar-refractivity contribution in [3.63, 3.8) is 0 Å². The SMILES string of the molecule is COc1ccccc1Nc1ccc(C(=O)N2CCCC(C)C2)nc1. The normalized spacial score (nSPS) is 17.4. The van der Waals surface area contributed by atoms with Gasteiger partial charge in [-0.3, -0.25) is 4.79 Å². The number of amides is 1. The van der Waals surface area contributed by atoms with E-state index in [4.69, 9.17) is 4.74 Å². The Morgan fingerprint density at radius 1 is 1.29 bits per heavy atom. The summed E-state index contributed by atoms with van der Waals surface area (Å²) in [5.41, 5.74) is 2.18. The minimum atomic E-state index is 0.0189. The lowest BCUT2D eigenvalue weighted by atomic mass is 10.00. The maximum absolute atomic E-state index is 12.5. The smallest absolute Gasteiger partial charge is 0.272 e. The van der Waals surface area contributed by atoms with Crippen LogP contribution in [0.4, 0.5) is 11.4 Å². The Labute approximate surface area is 142 Å². The largest absolute Gasteiger partial charge is 0.495 e. The summed E-state index contributed by atoms with van der Waals surface area (Å²) in [4.78, 5) is 18.8. The molecular formula is C19H23N3O2. The molecule has 0 aliphatic carbocycles. The fraction of sp³-hybridized carbons (Fsp3) is 0.368. The zero-order chi connectivity index (χ0) is 16.9. The Morgan fingerprint density at radius 2 is 2.12 bits per heavy atom. The number of pyridine rings is 1. The van der Waals surface area contributed by atoms with E-state index in [1.807, 2.05) is 35.2 Å². The van der Waals surface area contributed by atoms with Gasteiger partial charge in [0.2, 0.25) is 0 Å². The third kappa shape index (κ3) is 3.67. The highest BCUT2D eigenvalue weighted by Gasteiger charge is 2.22. The Balaban J connectivity index is 1.70. The molecule has 3 rings (SSSR count). The van der Waals surface area contributed by atoms with Crippen molar-refractivity contribution in [2.45, 2.75) is 19.8 Å². The second-order valence-corrected chi connectivity index (χ2v) is 6.26. The van der Waals surface area contributed by atoms with Crippen LogP contribution in [0.5, 0.6) is 5.75 Å². The van der Waals surface area contributed by atoms with Crippen LogP contribution in [0.15, 0.2) is 42.6 Å². The van der Waals surface area contributed by atoms with Crippen LogP contribution in [0.3, 0.4) is 0 Å². The van der Waals surface area contributed by atoms with Crippen LogP contribution in [-0.2, 0) is 0 Å². The Kier molecular flexibility index (Phi) is 4.99. The molecule has 2 aromatic rings. The van der Waals surface area contributed by atoms with E-state index in [9.17, 15) is 4.79 Å². The van der Waals surface area contributed by atoms with Crippen molar-refractivity contribution in [1.29, 1.82) is 0 Å². The molecule has 1 N–H and O–H groups in total. The number of piperidine rings is 1. The molecule has 5 heteroatoms. The topological polar surface area (TPSA) is 54.5 Å². The van der Waals surface area contributed by atoms with Gasteiger partial charge in [-0.2, -0.15) is 0 Å². The number of para-hydroxylation sites is 2. The van der Waals surface area contributed by atoms with E-state index < -0.39 is 0 Å². The number of hydrogen-bond donors (Lipinski definition) is 1. The molecule has 0 spiro atoms. The predicted octanol–water partition coefficient (Wildman–Crippen LogP) is 3.71. The lowest BCUT2D eigenvalue weighted by Crippen LogP contribution is -2.39. The van der Waals surface area contributed by atoms with Gasteiger partial charge in [0, 0.05) is 13.1 Å². The number of ether oxygens (including phenoxy) is 1. The van der Waals surface area contributed by atoms with Crippen molar-refractivity contribution in [2.24, 2.45) is 5.92 Å². The third-order valence-electron chi connectivity index (χ3n) is 4.31. The number of carbonyl (C=O) groups excluding carboxylic acids is 1. The lowest BCUT2D eigenvalue weighted by Gasteiger charge is -2.30. The van der Waals surface area contributed by atoms with Crippen LogP contribution >= 0.6 is 0 Å². The van der Waals surface area contributed by atoms with E-state index in [0.29, 0.717) is 11.6 Å². The number of hydrogen-bond acceptors (Lipinski definition) is 4. The van der Waals surface area contributed by atoms with Gasteiger partial charge in [0.1, 0.15) is 11.4 Å². The molecule has 24 heavy (non-hydrogen) atoms. The van der Waals surface area contributed by atoms with Crippen LogP contribution < -0.4 is 10.1 Å². The van der Waals surface area contributed by atoms with E-state index in [-0.39, 0.29) is 5.91 Å². The molecule has 126 valence electrons. The Hall–Kier alpha value is -2.56. The van der Waals surface area contributed by atoms with E-state index in [2.05, 4.69) is 17.2 Å². The van der Waals surface area contributed by atoms with Gasteiger partial charge < -0.3 is 15.0 Å². The average molecular weight is 325 g/mol. The minimum Gasteiger partial charge on any atom is -0.495 e. The number of nitrogens with one attached hydrogen (secondary N) is 1. The maximum atomic E-state index is 12.5. The molecule has 5 nitrogen and oxygen atoms in total. The highest BCUT2D eigenvalue weighted by Crippen LogP contribution is 2.26. The van der Waals surface area contributed by atoms with E-state index in [1.165, 1.54) is 6.42 Å². The quantitative estimate of drug-likeness (QED) is 0.931. The molecule has 0 saturated carbocycles. The second kappa shape index (κ2) is 7.34. The zero-order valence-electron chi connectivity index (χ0n) is 14.2. The van der Waals surface area contributed by atoms with Gasteiger partial charge in [0.25, 0.3) is 5.91 Å². The van der Waals surface area contributed by atoms with E-state index >= 15 is 0 Å². The summed E-state index contributed by atoms with van der Waals surface area (Å²) in [6, 6.07) is 11.3. The minimum absolute atomic E-state index is 0.0189. The van der Waals surface area contributed by atoms with Gasteiger partial charge >= 0.3 is 0 Å². The Bertz CT molecular complexity index is 700. The van der Waals surface area contributed by atoms with Gasteiger partial charge in [0.05, 0.1) is 24.7 Å². The van der Waals surface area contributed by atoms with Crippen molar-refractivity contribution in [2.75, 3.05) is 25.5 Å². The van der Waals surface area contributed by atoms with Gasteiger partial charge in [-0.05, 0) is 43.0 Å². The van der Waals surface area contributed by atoms with Crippen molar-refractivity contribution in [3.05, 3.63) is 48.3 Å². The van der Waals surface area contributed by atoms with Crippen LogP contribution in [0.1, 0.15) is 30.3 Å². The first-order valence-electron chi connectivity index (χ1n) is 8.32. The molecule has 1 amide bonds. The number of rotatable bonds is 4. The lowest BCUT2D eigenvalue weighted by molar-refractivity contribution is 0.0677. The number of likely N-dealkylation sites (tertiary alicyclic amines) is 1. The second-order valence-electron chi connectivity index (χ2n) is 6.26. The van der Waals surface area contributed by atoms with Crippen molar-refractivity contribution in [3.8, 4) is 5.75 Å². The molecule has 1 aromatic carbocycles. The number of carbonyl (C=O) groups is 1. The molecule has 1 unspecified atom stereocenters. The van der Waals surface area contributed by atoms with Crippen LogP contribution in [0.2, 0.25) is 0 Å². The van der Waals surface area contributed by atoms with Crippen molar-refractivity contribution >= 4 is 17.3 Å². The standard InChI is InChI=1S/C19H23N3O2/c1-14-6-5-11-22(13-14)19(23)17-10-9-15(12-20-17)21-16-7-3-4-8-18(16)24-2/h3-4,7-10,12,14,21H,5-6,11,13H2,1-2H3. The Morgan fingerprint density at radius 3 is 2.83 bits per heavy atom. The average Bonchev–Trinajstić information content (AvgIpc) is 2.62. The highest BCUT2D eigenvalue weighted by molar-refractivity contribution is 5.92. The molecule has 0 bridgehead atoms. The van der Waals surface area contributed by atoms with Gasteiger partial charge in [-0.25, -0.2) is 4.98 Å². The molecule has 1 aliphatic rings. The summed E-state index contributed by atoms with van der Waals surface area (Å²) in [6.45, 7) is 3.83. The number of nitrogens with zero attached hydrogens (tertiary/aromatic N) is 2. The molecular weight excluding hydrogens is 302 g/mol. The molecule has 1 aromatic heterocycles. The predicted molar refractivity (Wildman–Crippen MR) is 94.8 cm³/mol. The summed E-state index contributed by atoms with van der Waals surface area (Å²) >= 11 is 0. The van der Waals surface area contributed by atoms with Gasteiger partial charge in [0.15, 0.2) is 0 Å². The maximum Gasteiger partial charge on any atom is 0.272 e. The first kappa shape index (κ1) is 16.3. The molecule has 1 saturated heterocycles. The van der Waals surface area contributed by atoms with E-state index in [1.54, 1.807) is 19.4 Å². The zero-order valence-corrected chi connectivity index (χ0v) is 14.2. The number of aromatic nitrogens is 1. The molecule has 2 heterocycles. The molecule has 1 atom stereocenters. The van der Waals surface area contributed by atoms with Gasteiger partial charge in [-0.1, -0.05) is 19.1 Å². The van der Waals surface area contributed by atoms with E-state index in [0.717, 1.165) is 36.6 Å². The third-order valence-corrected chi connectivity index (χ3v) is 4.31. The monoisotopic (exact) mass is 325 g/mol. The van der Waals surface area contributed by atoms with Crippen LogP contribution in [0.25, 0.3) is 0 Å². The number of methoxy groups -OCH3 is 1. The first-order chi connectivity index (χ1) is 11.7. The first-order valence-corrected chi connectivity index (χ1v) is 8.32. The molecule has 1 aliphatic heterocycles. The summed E-state index contributed by atoms with van der Waals surface area (Å²) in [7, 11) is 1.64. The molecule has 1 fully saturated rings. The number of anilines is 2. The van der Waals surface area contributed by atoms with Crippen LogP contribution in [0, 0.1) is 5.92 Å². The number of benzene rings is 1. The summed E-state index contributed by atoms with van der Waals surface area (Å²) in [5, 5.41) is 3.26. The molecule has 0 radical (unpaired) electrons. The summed E-state index contributed by atoms with van der Waals surface area (Å²) in [6.07, 6.45) is 3.95. The highest BCUT2D eigenvalue weighted by atomic mass is 16.5. The van der Waals surface area contributed by atoms with Crippen LogP contribution in [-0.4, -0.2) is 36.0 Å². The fourth-order valence-electron chi connectivity index (χ4n) is 3.03. The van der Waals surface area contributed by atoms with Crippen molar-refractivity contribution < 1.29 is 9.53 Å². The summed E-state index contributed by atoms with van der Waals surface area (Å²) in [5.74, 6) is 1.35. The summed E-state index contributed by atoms with van der Waals surface area (Å²) < 4.78 is 5.33. The van der Waals surface area contributed by atoms with Crippen molar-refractivity contribution in [1.82, 2.24) is 9.88 Å².